The largest absolute Gasteiger partial charge is 1.00 e. The van der Waals surface area contributed by atoms with E-state index in [1.165, 1.54) is 25.1 Å². The maximum absolute atomic E-state index is 11.6. The van der Waals surface area contributed by atoms with Gasteiger partial charge < -0.3 is 14.8 Å². The summed E-state index contributed by atoms with van der Waals surface area (Å²) in [6.07, 6.45) is 0. The predicted octanol–water partition coefficient (Wildman–Crippen LogP) is -3.91. The van der Waals surface area contributed by atoms with Crippen molar-refractivity contribution in [1.82, 2.24) is 0 Å². The number of hydrogen-bond donors (Lipinski definition) is 1. The van der Waals surface area contributed by atoms with Crippen LogP contribution in [0.4, 0.5) is 11.4 Å². The van der Waals surface area contributed by atoms with Gasteiger partial charge in [-0.25, -0.2) is 13.2 Å². The molecule has 0 spiro atoms. The number of azo groups is 1. The van der Waals surface area contributed by atoms with E-state index in [2.05, 4.69) is 10.2 Å². The molecule has 0 unspecified atom stereocenters. The van der Waals surface area contributed by atoms with Crippen LogP contribution in [-0.4, -0.2) is 24.0 Å². The summed E-state index contributed by atoms with van der Waals surface area (Å²) in [6.45, 7) is 1.46. The zero-order valence-electron chi connectivity index (χ0n) is 13.8. The zero-order valence-corrected chi connectivity index (χ0v) is 18.6. The number of hydrogen-bond acceptors (Lipinski definition) is 7. The molecular formula is C14H10N2Na2O6S. The van der Waals surface area contributed by atoms with Gasteiger partial charge in [0.1, 0.15) is 10.1 Å². The molecule has 0 aliphatic rings. The van der Waals surface area contributed by atoms with Crippen LogP contribution < -0.4 is 64.2 Å². The molecule has 0 fully saturated rings. The van der Waals surface area contributed by atoms with Crippen LogP contribution in [0.25, 0.3) is 0 Å². The van der Waals surface area contributed by atoms with Crippen molar-refractivity contribution in [2.45, 2.75) is 11.8 Å². The molecule has 1 N–H and O–H groups in total. The van der Waals surface area contributed by atoms with Gasteiger partial charge in [0.25, 0.3) is 0 Å². The number of carbonyl (C=O) groups is 1. The van der Waals surface area contributed by atoms with Gasteiger partial charge in [-0.15, -0.1) is 0 Å². The van der Waals surface area contributed by atoms with Gasteiger partial charge >= 0.3 is 65.1 Å². The van der Waals surface area contributed by atoms with Crippen LogP contribution >= 0.6 is 0 Å². The monoisotopic (exact) mass is 380 g/mol. The molecule has 2 aromatic carbocycles. The molecule has 0 amide bonds. The fourth-order valence-corrected chi connectivity index (χ4v) is 2.24. The van der Waals surface area contributed by atoms with Gasteiger partial charge in [0.2, 0.25) is 0 Å². The number of nitrogens with zero attached hydrogens (tertiary/aromatic N) is 2. The van der Waals surface area contributed by atoms with E-state index in [4.69, 9.17) is 5.11 Å². The summed E-state index contributed by atoms with van der Waals surface area (Å²) in [4.78, 5) is 10.6. The topological polar surface area (TPSA) is 142 Å². The maximum Gasteiger partial charge on any atom is 1.00 e. The third kappa shape index (κ3) is 6.46. The number of aryl methyl sites for hydroxylation is 1. The van der Waals surface area contributed by atoms with Crippen molar-refractivity contribution < 1.29 is 87.1 Å². The van der Waals surface area contributed by atoms with Gasteiger partial charge in [-0.2, -0.15) is 10.2 Å². The first kappa shape index (κ1) is 24.2. The van der Waals surface area contributed by atoms with Crippen LogP contribution in [0.2, 0.25) is 0 Å². The average Bonchev–Trinajstić information content (AvgIpc) is 2.47. The first-order valence-electron chi connectivity index (χ1n) is 6.21. The Kier molecular flexibility index (Phi) is 9.48. The Morgan fingerprint density at radius 1 is 1.04 bits per heavy atom. The Balaban J connectivity index is 0.00000288. The maximum atomic E-state index is 11.6. The van der Waals surface area contributed by atoms with Gasteiger partial charge in [0.05, 0.1) is 21.8 Å². The second-order valence-corrected chi connectivity index (χ2v) is 5.97. The van der Waals surface area contributed by atoms with Gasteiger partial charge in [-0.3, -0.25) is 0 Å². The fraction of sp³-hybridized carbons (Fsp3) is 0.0714. The predicted molar refractivity (Wildman–Crippen MR) is 76.2 cm³/mol. The third-order valence-electron chi connectivity index (χ3n) is 2.90. The quantitative estimate of drug-likeness (QED) is 0.326. The Labute approximate surface area is 188 Å². The van der Waals surface area contributed by atoms with E-state index in [-0.39, 0.29) is 76.1 Å². The van der Waals surface area contributed by atoms with Crippen LogP contribution in [-0.2, 0) is 10.1 Å². The molecule has 8 nitrogen and oxygen atoms in total. The number of aromatic carboxylic acids is 1. The second kappa shape index (κ2) is 9.79. The summed E-state index contributed by atoms with van der Waals surface area (Å²) >= 11 is 0. The normalized spacial score (nSPS) is 10.8. The van der Waals surface area contributed by atoms with E-state index in [0.29, 0.717) is 0 Å². The number of carboxylic acids is 1. The zero-order chi connectivity index (χ0) is 17.2. The number of rotatable bonds is 4. The van der Waals surface area contributed by atoms with Crippen molar-refractivity contribution in [3.05, 3.63) is 47.5 Å². The number of carboxylic acid groups (broad SMARTS) is 1. The smallest absolute Gasteiger partial charge is 0.872 e. The average molecular weight is 380 g/mol. The molecule has 2 rings (SSSR count). The summed E-state index contributed by atoms with van der Waals surface area (Å²) in [5.74, 6) is -1.96. The molecule has 0 atom stereocenters. The molecule has 2 aromatic rings. The molecule has 11 heteroatoms. The molecule has 25 heavy (non-hydrogen) atoms. The van der Waals surface area contributed by atoms with Crippen LogP contribution in [0.5, 0.6) is 5.75 Å². The van der Waals surface area contributed by atoms with Crippen molar-refractivity contribution in [2.75, 3.05) is 0 Å². The summed E-state index contributed by atoms with van der Waals surface area (Å²) < 4.78 is 32.4. The number of benzene rings is 2. The van der Waals surface area contributed by atoms with Crippen molar-refractivity contribution in [3.8, 4) is 5.75 Å². The summed E-state index contributed by atoms with van der Waals surface area (Å²) in [6, 6.07) is 7.21. The van der Waals surface area contributed by atoms with Crippen molar-refractivity contribution in [2.24, 2.45) is 10.2 Å². The Bertz CT molecular complexity index is 898. The molecule has 120 valence electrons. The molecule has 0 bridgehead atoms. The molecule has 0 aromatic heterocycles. The Morgan fingerprint density at radius 2 is 1.56 bits per heavy atom. The van der Waals surface area contributed by atoms with E-state index in [0.717, 1.165) is 18.2 Å². The molecule has 0 aliphatic heterocycles. The standard InChI is InChI=1S/C14H12N2O6S.2Na/c1-8-6-10(7-12(13(8)17)14(18)19)16-15-9-2-4-11(5-3-9)23(20,21)22;;/h2-7,17H,1H3,(H,18,19)(H,20,21,22);;/q;2*+1/p-2. The van der Waals surface area contributed by atoms with E-state index in [1.807, 2.05) is 0 Å². The molecular weight excluding hydrogens is 370 g/mol. The minimum atomic E-state index is -4.53. The minimum Gasteiger partial charge on any atom is -0.872 e. The van der Waals surface area contributed by atoms with E-state index >= 15 is 0 Å². The Hall–Kier alpha value is -0.780. The third-order valence-corrected chi connectivity index (χ3v) is 3.75. The van der Waals surface area contributed by atoms with Gasteiger partial charge in [0, 0.05) is 0 Å². The van der Waals surface area contributed by atoms with Crippen LogP contribution in [0, 0.1) is 6.92 Å². The second-order valence-electron chi connectivity index (χ2n) is 4.59. The van der Waals surface area contributed by atoms with Gasteiger partial charge in [-0.1, -0.05) is 11.3 Å². The van der Waals surface area contributed by atoms with Crippen LogP contribution in [0.3, 0.4) is 0 Å². The van der Waals surface area contributed by atoms with Crippen molar-refractivity contribution >= 4 is 27.5 Å². The summed E-state index contributed by atoms with van der Waals surface area (Å²) in [7, 11) is -4.53. The van der Waals surface area contributed by atoms with Crippen molar-refractivity contribution in [3.63, 3.8) is 0 Å². The fourth-order valence-electron chi connectivity index (χ4n) is 1.77. The molecule has 0 aliphatic carbocycles. The SMILES string of the molecule is Cc1cc(N=Nc2ccc(S(=O)(=O)[O-])cc2)cc(C(=O)O)c1[O-].[Na+].[Na+]. The summed E-state index contributed by atoms with van der Waals surface area (Å²) in [5, 5.41) is 28.2. The van der Waals surface area contributed by atoms with E-state index in [1.54, 1.807) is 0 Å². The van der Waals surface area contributed by atoms with Gasteiger partial charge in [0.15, 0.2) is 0 Å². The van der Waals surface area contributed by atoms with E-state index in [9.17, 15) is 22.9 Å². The van der Waals surface area contributed by atoms with Gasteiger partial charge in [-0.05, 0) is 43.3 Å². The van der Waals surface area contributed by atoms with E-state index < -0.39 is 32.3 Å². The van der Waals surface area contributed by atoms with Crippen LogP contribution in [0.1, 0.15) is 15.9 Å². The molecule has 0 heterocycles. The first-order valence-corrected chi connectivity index (χ1v) is 7.62. The van der Waals surface area contributed by atoms with Crippen LogP contribution in [0.15, 0.2) is 51.5 Å². The molecule has 0 saturated heterocycles. The van der Waals surface area contributed by atoms with Crippen molar-refractivity contribution in [1.29, 1.82) is 0 Å². The first-order chi connectivity index (χ1) is 10.7. The molecule has 0 saturated carbocycles. The Morgan fingerprint density at radius 3 is 2.04 bits per heavy atom. The summed E-state index contributed by atoms with van der Waals surface area (Å²) in [5.41, 5.74) is 0.233. The molecule has 0 radical (unpaired) electrons. The minimum absolute atomic E-state index is 0.